The minimum Gasteiger partial charge on any atom is -0.492 e. The molecule has 0 bridgehead atoms. The quantitative estimate of drug-likeness (QED) is 0.632. The van der Waals surface area contributed by atoms with E-state index in [1.54, 1.807) is 0 Å². The van der Waals surface area contributed by atoms with Gasteiger partial charge in [-0.1, -0.05) is 42.5 Å². The van der Waals surface area contributed by atoms with Crippen LogP contribution in [0.25, 0.3) is 10.8 Å². The molecular formula is C23H25N3O3. The predicted octanol–water partition coefficient (Wildman–Crippen LogP) is 3.14. The number of nitrogens with two attached hydrogens (primary N) is 1. The van der Waals surface area contributed by atoms with Crippen LogP contribution in [0.4, 0.5) is 11.4 Å². The second-order valence-corrected chi connectivity index (χ2v) is 7.06. The van der Waals surface area contributed by atoms with E-state index in [1.165, 1.54) is 0 Å². The van der Waals surface area contributed by atoms with Crippen LogP contribution in [0, 0.1) is 0 Å². The van der Waals surface area contributed by atoms with Gasteiger partial charge >= 0.3 is 0 Å². The Balaban J connectivity index is 1.31. The van der Waals surface area contributed by atoms with Gasteiger partial charge in [0.2, 0.25) is 0 Å². The van der Waals surface area contributed by atoms with Crippen molar-refractivity contribution in [2.45, 2.75) is 6.10 Å². The molecule has 1 amide bonds. The van der Waals surface area contributed by atoms with Crippen LogP contribution in [0.2, 0.25) is 0 Å². The highest BCUT2D eigenvalue weighted by Gasteiger charge is 2.26. The van der Waals surface area contributed by atoms with Gasteiger partial charge in [0.05, 0.1) is 6.61 Å². The third-order valence-electron chi connectivity index (χ3n) is 5.07. The number of rotatable bonds is 6. The number of para-hydroxylation sites is 1. The summed E-state index contributed by atoms with van der Waals surface area (Å²) >= 11 is 0. The van der Waals surface area contributed by atoms with E-state index in [0.29, 0.717) is 19.8 Å². The molecule has 1 aliphatic rings. The molecule has 3 N–H and O–H groups in total. The summed E-state index contributed by atoms with van der Waals surface area (Å²) in [5, 5.41) is 4.91. The van der Waals surface area contributed by atoms with Crippen molar-refractivity contribution in [2.24, 2.45) is 0 Å². The number of fused-ring (bicyclic) bond motifs is 1. The zero-order valence-corrected chi connectivity index (χ0v) is 16.2. The first kappa shape index (κ1) is 19.2. The first-order valence-corrected chi connectivity index (χ1v) is 9.80. The molecule has 4 rings (SSSR count). The highest BCUT2D eigenvalue weighted by atomic mass is 16.5. The van der Waals surface area contributed by atoms with Crippen molar-refractivity contribution < 1.29 is 14.3 Å². The Kier molecular flexibility index (Phi) is 5.93. The van der Waals surface area contributed by atoms with Gasteiger partial charge in [-0.3, -0.25) is 9.69 Å². The summed E-state index contributed by atoms with van der Waals surface area (Å²) in [6.45, 7) is 3.10. The number of nitrogens with one attached hydrogen (secondary N) is 1. The minimum atomic E-state index is -0.485. The van der Waals surface area contributed by atoms with Gasteiger partial charge in [-0.25, -0.2) is 0 Å². The van der Waals surface area contributed by atoms with Gasteiger partial charge in [0, 0.05) is 41.8 Å². The zero-order valence-electron chi connectivity index (χ0n) is 16.2. The van der Waals surface area contributed by atoms with E-state index in [-0.39, 0.29) is 5.91 Å². The van der Waals surface area contributed by atoms with Crippen LogP contribution in [-0.2, 0) is 9.53 Å². The first-order chi connectivity index (χ1) is 14.2. The molecule has 1 saturated heterocycles. The van der Waals surface area contributed by atoms with Gasteiger partial charge in [-0.2, -0.15) is 0 Å². The number of ether oxygens (including phenoxy) is 2. The summed E-state index contributed by atoms with van der Waals surface area (Å²) in [7, 11) is 0. The predicted molar refractivity (Wildman–Crippen MR) is 115 cm³/mol. The SMILES string of the molecule is Nc1ccc(OCCN2CCOC(C(=O)Nc3ccccc3)C2)c2ccccc12. The summed E-state index contributed by atoms with van der Waals surface area (Å²) in [4.78, 5) is 14.7. The lowest BCUT2D eigenvalue weighted by atomic mass is 10.1. The molecule has 0 aromatic heterocycles. The fourth-order valence-corrected chi connectivity index (χ4v) is 3.51. The molecule has 150 valence electrons. The number of nitrogen functional groups attached to an aromatic ring is 1. The van der Waals surface area contributed by atoms with Crippen molar-refractivity contribution in [1.29, 1.82) is 0 Å². The summed E-state index contributed by atoms with van der Waals surface area (Å²) in [5.41, 5.74) is 7.57. The number of carbonyl (C=O) groups is 1. The topological polar surface area (TPSA) is 76.8 Å². The van der Waals surface area contributed by atoms with Gasteiger partial charge in [-0.05, 0) is 24.3 Å². The fourth-order valence-electron chi connectivity index (χ4n) is 3.51. The summed E-state index contributed by atoms with van der Waals surface area (Å²) in [6.07, 6.45) is -0.485. The molecule has 1 fully saturated rings. The van der Waals surface area contributed by atoms with Crippen LogP contribution in [0.5, 0.6) is 5.75 Å². The maximum atomic E-state index is 12.5. The number of hydrogen-bond acceptors (Lipinski definition) is 5. The van der Waals surface area contributed by atoms with Gasteiger partial charge < -0.3 is 20.5 Å². The average molecular weight is 391 g/mol. The molecular weight excluding hydrogens is 366 g/mol. The van der Waals surface area contributed by atoms with E-state index in [0.717, 1.165) is 41.0 Å². The minimum absolute atomic E-state index is 0.119. The van der Waals surface area contributed by atoms with Crippen molar-refractivity contribution in [2.75, 3.05) is 43.9 Å². The average Bonchev–Trinajstić information content (AvgIpc) is 2.76. The maximum absolute atomic E-state index is 12.5. The van der Waals surface area contributed by atoms with E-state index in [9.17, 15) is 4.79 Å². The van der Waals surface area contributed by atoms with E-state index in [4.69, 9.17) is 15.2 Å². The molecule has 0 aliphatic carbocycles. The fraction of sp³-hybridized carbons (Fsp3) is 0.261. The van der Waals surface area contributed by atoms with Crippen LogP contribution in [0.15, 0.2) is 66.7 Å². The van der Waals surface area contributed by atoms with E-state index >= 15 is 0 Å². The Morgan fingerprint density at radius 1 is 1.07 bits per heavy atom. The van der Waals surface area contributed by atoms with Crippen LogP contribution in [0.1, 0.15) is 0 Å². The normalized spacial score (nSPS) is 17.2. The molecule has 0 spiro atoms. The molecule has 3 aromatic rings. The molecule has 1 heterocycles. The van der Waals surface area contributed by atoms with Crippen molar-refractivity contribution >= 4 is 28.1 Å². The third kappa shape index (κ3) is 4.67. The monoisotopic (exact) mass is 391 g/mol. The molecule has 29 heavy (non-hydrogen) atoms. The Morgan fingerprint density at radius 2 is 1.83 bits per heavy atom. The largest absolute Gasteiger partial charge is 0.492 e. The number of morpholine rings is 1. The molecule has 6 nitrogen and oxygen atoms in total. The third-order valence-corrected chi connectivity index (χ3v) is 5.07. The number of amides is 1. The van der Waals surface area contributed by atoms with Crippen LogP contribution in [0.3, 0.4) is 0 Å². The van der Waals surface area contributed by atoms with Crippen molar-refractivity contribution in [3.8, 4) is 5.75 Å². The van der Waals surface area contributed by atoms with Crippen molar-refractivity contribution in [3.63, 3.8) is 0 Å². The van der Waals surface area contributed by atoms with Crippen LogP contribution >= 0.6 is 0 Å². The Labute approximate surface area is 170 Å². The van der Waals surface area contributed by atoms with Crippen LogP contribution < -0.4 is 15.8 Å². The van der Waals surface area contributed by atoms with Gasteiger partial charge in [0.15, 0.2) is 0 Å². The lowest BCUT2D eigenvalue weighted by molar-refractivity contribution is -0.133. The second kappa shape index (κ2) is 8.94. The number of nitrogens with zero attached hydrogens (tertiary/aromatic N) is 1. The summed E-state index contributed by atoms with van der Waals surface area (Å²) < 4.78 is 11.7. The van der Waals surface area contributed by atoms with Crippen molar-refractivity contribution in [1.82, 2.24) is 4.90 Å². The Bertz CT molecular complexity index is 978. The standard InChI is InChI=1S/C23H25N3O3/c24-20-10-11-21(19-9-5-4-8-18(19)20)28-14-12-26-13-15-29-22(16-26)23(27)25-17-6-2-1-3-7-17/h1-11,22H,12-16,24H2,(H,25,27). The number of anilines is 2. The Hall–Kier alpha value is -3.09. The lowest BCUT2D eigenvalue weighted by Gasteiger charge is -2.32. The summed E-state index contributed by atoms with van der Waals surface area (Å²) in [6, 6.07) is 21.2. The second-order valence-electron chi connectivity index (χ2n) is 7.06. The van der Waals surface area contributed by atoms with E-state index < -0.39 is 6.10 Å². The molecule has 1 unspecified atom stereocenters. The lowest BCUT2D eigenvalue weighted by Crippen LogP contribution is -2.48. The molecule has 1 aliphatic heterocycles. The highest BCUT2D eigenvalue weighted by molar-refractivity contribution is 5.97. The van der Waals surface area contributed by atoms with Gasteiger partial charge in [0.25, 0.3) is 5.91 Å². The highest BCUT2D eigenvalue weighted by Crippen LogP contribution is 2.29. The molecule has 1 atom stereocenters. The number of benzene rings is 3. The maximum Gasteiger partial charge on any atom is 0.254 e. The van der Waals surface area contributed by atoms with Gasteiger partial charge in [-0.15, -0.1) is 0 Å². The van der Waals surface area contributed by atoms with E-state index in [2.05, 4.69) is 10.2 Å². The van der Waals surface area contributed by atoms with Crippen LogP contribution in [-0.4, -0.2) is 49.8 Å². The zero-order chi connectivity index (χ0) is 20.1. The Morgan fingerprint density at radius 3 is 2.66 bits per heavy atom. The first-order valence-electron chi connectivity index (χ1n) is 9.80. The molecule has 3 aromatic carbocycles. The van der Waals surface area contributed by atoms with E-state index in [1.807, 2.05) is 66.7 Å². The van der Waals surface area contributed by atoms with Gasteiger partial charge in [0.1, 0.15) is 18.5 Å². The smallest absolute Gasteiger partial charge is 0.254 e. The summed E-state index contributed by atoms with van der Waals surface area (Å²) in [5.74, 6) is 0.702. The molecule has 0 radical (unpaired) electrons. The molecule has 0 saturated carbocycles. The van der Waals surface area contributed by atoms with Crippen molar-refractivity contribution in [3.05, 3.63) is 66.7 Å². The molecule has 6 heteroatoms. The number of carbonyl (C=O) groups excluding carboxylic acids is 1. The number of hydrogen-bond donors (Lipinski definition) is 2.